The Bertz CT molecular complexity index is 549. The highest BCUT2D eigenvalue weighted by atomic mass is 35.5. The van der Waals surface area contributed by atoms with Gasteiger partial charge < -0.3 is 14.4 Å². The van der Waals surface area contributed by atoms with E-state index in [2.05, 4.69) is 17.0 Å². The summed E-state index contributed by atoms with van der Waals surface area (Å²) in [4.78, 5) is 16.3. The van der Waals surface area contributed by atoms with Gasteiger partial charge in [-0.3, -0.25) is 4.90 Å². The normalized spacial score (nSPS) is 15.8. The number of benzene rings is 1. The van der Waals surface area contributed by atoms with E-state index in [9.17, 15) is 4.79 Å². The van der Waals surface area contributed by atoms with Crippen molar-refractivity contribution in [2.24, 2.45) is 0 Å². The van der Waals surface area contributed by atoms with Gasteiger partial charge in [-0.05, 0) is 51.3 Å². The van der Waals surface area contributed by atoms with Crippen molar-refractivity contribution < 1.29 is 14.3 Å². The van der Waals surface area contributed by atoms with Gasteiger partial charge in [-0.1, -0.05) is 12.1 Å². The van der Waals surface area contributed by atoms with Gasteiger partial charge >= 0.3 is 6.09 Å². The molecule has 1 aromatic rings. The molecule has 0 aromatic heterocycles. The van der Waals surface area contributed by atoms with E-state index in [1.54, 1.807) is 4.90 Å². The fourth-order valence-electron chi connectivity index (χ4n) is 2.76. The maximum absolute atomic E-state index is 12.1. The molecule has 1 aliphatic rings. The first-order valence-corrected chi connectivity index (χ1v) is 9.89. The van der Waals surface area contributed by atoms with Crippen LogP contribution in [0.4, 0.5) is 4.79 Å². The maximum Gasteiger partial charge on any atom is 0.410 e. The number of carbonyl (C=O) groups excluding carboxylic acids is 1. The fraction of sp³-hybridized carbons (Fsp3) is 0.650. The Balaban J connectivity index is 1.69. The Morgan fingerprint density at radius 2 is 1.77 bits per heavy atom. The van der Waals surface area contributed by atoms with Crippen molar-refractivity contribution in [3.63, 3.8) is 0 Å². The first kappa shape index (κ1) is 20.8. The van der Waals surface area contributed by atoms with Crippen LogP contribution in [0, 0.1) is 0 Å². The van der Waals surface area contributed by atoms with E-state index in [1.807, 2.05) is 32.9 Å². The number of halogens is 1. The first-order chi connectivity index (χ1) is 12.4. The molecule has 1 saturated heterocycles. The number of ether oxygens (including phenoxy) is 2. The fourth-order valence-corrected chi connectivity index (χ4v) is 2.87. The predicted octanol–water partition coefficient (Wildman–Crippen LogP) is 3.79. The van der Waals surface area contributed by atoms with Crippen LogP contribution in [0.1, 0.15) is 32.8 Å². The van der Waals surface area contributed by atoms with Crippen LogP contribution >= 0.6 is 11.6 Å². The van der Waals surface area contributed by atoms with Crippen molar-refractivity contribution in [2.75, 3.05) is 45.2 Å². The predicted molar refractivity (Wildman–Crippen MR) is 105 cm³/mol. The highest BCUT2D eigenvalue weighted by Gasteiger charge is 2.25. The maximum atomic E-state index is 12.1. The molecule has 6 heteroatoms. The summed E-state index contributed by atoms with van der Waals surface area (Å²) in [6.07, 6.45) is 1.65. The van der Waals surface area contributed by atoms with Crippen molar-refractivity contribution >= 4 is 17.7 Å². The lowest BCUT2D eigenvalue weighted by molar-refractivity contribution is 0.0146. The number of amides is 1. The molecule has 2 rings (SSSR count). The molecule has 0 spiro atoms. The number of hydrogen-bond acceptors (Lipinski definition) is 4. The molecule has 0 aliphatic carbocycles. The zero-order valence-electron chi connectivity index (χ0n) is 16.2. The van der Waals surface area contributed by atoms with E-state index < -0.39 is 5.60 Å². The van der Waals surface area contributed by atoms with Crippen molar-refractivity contribution in [2.45, 2.75) is 39.2 Å². The Kier molecular flexibility index (Phi) is 8.04. The summed E-state index contributed by atoms with van der Waals surface area (Å²) in [7, 11) is 0. The second-order valence-corrected chi connectivity index (χ2v) is 7.97. The van der Waals surface area contributed by atoms with Crippen LogP contribution in [0.15, 0.2) is 24.3 Å². The molecule has 0 bridgehead atoms. The Morgan fingerprint density at radius 3 is 2.35 bits per heavy atom. The third-order valence-corrected chi connectivity index (χ3v) is 4.48. The number of hydrogen-bond donors (Lipinski definition) is 0. The monoisotopic (exact) mass is 382 g/mol. The van der Waals surface area contributed by atoms with Crippen LogP contribution in [0.25, 0.3) is 0 Å². The van der Waals surface area contributed by atoms with Gasteiger partial charge in [0.05, 0.1) is 6.61 Å². The first-order valence-electron chi connectivity index (χ1n) is 9.35. The lowest BCUT2D eigenvalue weighted by atomic mass is 10.1. The summed E-state index contributed by atoms with van der Waals surface area (Å²) >= 11 is 5.65. The van der Waals surface area contributed by atoms with Crippen molar-refractivity contribution in [1.29, 1.82) is 0 Å². The molecule has 1 amide bonds. The number of rotatable bonds is 7. The van der Waals surface area contributed by atoms with Crippen LogP contribution < -0.4 is 4.74 Å². The molecule has 26 heavy (non-hydrogen) atoms. The summed E-state index contributed by atoms with van der Waals surface area (Å²) in [6, 6.07) is 8.27. The third-order valence-electron chi connectivity index (χ3n) is 4.21. The second-order valence-electron chi connectivity index (χ2n) is 7.59. The average Bonchev–Trinajstić information content (AvgIpc) is 2.60. The summed E-state index contributed by atoms with van der Waals surface area (Å²) in [5, 5.41) is 0. The minimum Gasteiger partial charge on any atom is -0.494 e. The minimum absolute atomic E-state index is 0.207. The van der Waals surface area contributed by atoms with E-state index in [-0.39, 0.29) is 6.09 Å². The molecule has 146 valence electrons. The number of carbonyl (C=O) groups is 1. The SMILES string of the molecule is CC(C)(C)OC(=O)N1CCN(CCc2ccc(OCCCCl)cc2)CC1. The zero-order chi connectivity index (χ0) is 19.0. The molecule has 0 radical (unpaired) electrons. The highest BCUT2D eigenvalue weighted by molar-refractivity contribution is 6.17. The van der Waals surface area contributed by atoms with Crippen molar-refractivity contribution in [1.82, 2.24) is 9.80 Å². The van der Waals surface area contributed by atoms with E-state index in [0.29, 0.717) is 12.5 Å². The average molecular weight is 383 g/mol. The molecular weight excluding hydrogens is 352 g/mol. The highest BCUT2D eigenvalue weighted by Crippen LogP contribution is 2.15. The molecule has 0 N–H and O–H groups in total. The minimum atomic E-state index is -0.436. The summed E-state index contributed by atoms with van der Waals surface area (Å²) in [6.45, 7) is 10.6. The van der Waals surface area contributed by atoms with Crippen molar-refractivity contribution in [3.05, 3.63) is 29.8 Å². The quantitative estimate of drug-likeness (QED) is 0.531. The number of nitrogens with zero attached hydrogens (tertiary/aromatic N) is 2. The summed E-state index contributed by atoms with van der Waals surface area (Å²) < 4.78 is 11.1. The summed E-state index contributed by atoms with van der Waals surface area (Å²) in [5.74, 6) is 1.52. The van der Waals surface area contributed by atoms with Crippen LogP contribution in [0.2, 0.25) is 0 Å². The molecule has 1 fully saturated rings. The van der Waals surface area contributed by atoms with E-state index in [0.717, 1.165) is 51.3 Å². The zero-order valence-corrected chi connectivity index (χ0v) is 16.9. The second kappa shape index (κ2) is 10.0. The van der Waals surface area contributed by atoms with E-state index >= 15 is 0 Å². The van der Waals surface area contributed by atoms with Gasteiger partial charge in [-0.2, -0.15) is 0 Å². The van der Waals surface area contributed by atoms with Crippen molar-refractivity contribution in [3.8, 4) is 5.75 Å². The summed E-state index contributed by atoms with van der Waals surface area (Å²) in [5.41, 5.74) is 0.859. The Labute approximate surface area is 162 Å². The van der Waals surface area contributed by atoms with Crippen LogP contribution in [0.3, 0.4) is 0 Å². The van der Waals surface area contributed by atoms with Crippen LogP contribution in [0.5, 0.6) is 5.75 Å². The molecule has 1 aliphatic heterocycles. The lowest BCUT2D eigenvalue weighted by Crippen LogP contribution is -2.50. The standard InChI is InChI=1S/C20H31ClN2O3/c1-20(2,3)26-19(24)23-14-12-22(13-15-23)11-9-17-5-7-18(8-6-17)25-16-4-10-21/h5-8H,4,9-16H2,1-3H3. The number of alkyl halides is 1. The molecule has 0 saturated carbocycles. The van der Waals surface area contributed by atoms with Gasteiger partial charge in [-0.15, -0.1) is 11.6 Å². The van der Waals surface area contributed by atoms with E-state index in [1.165, 1.54) is 5.56 Å². The van der Waals surface area contributed by atoms with Crippen LogP contribution in [-0.4, -0.2) is 66.7 Å². The Morgan fingerprint density at radius 1 is 1.12 bits per heavy atom. The van der Waals surface area contributed by atoms with Gasteiger partial charge in [0.25, 0.3) is 0 Å². The lowest BCUT2D eigenvalue weighted by Gasteiger charge is -2.35. The van der Waals surface area contributed by atoms with Gasteiger partial charge in [-0.25, -0.2) is 4.79 Å². The molecule has 1 heterocycles. The number of piperazine rings is 1. The smallest absolute Gasteiger partial charge is 0.410 e. The van der Waals surface area contributed by atoms with E-state index in [4.69, 9.17) is 21.1 Å². The molecule has 0 atom stereocenters. The van der Waals surface area contributed by atoms with Gasteiger partial charge in [0.15, 0.2) is 0 Å². The van der Waals surface area contributed by atoms with Gasteiger partial charge in [0.1, 0.15) is 11.4 Å². The van der Waals surface area contributed by atoms with Crippen LogP contribution in [-0.2, 0) is 11.2 Å². The van der Waals surface area contributed by atoms with Gasteiger partial charge in [0, 0.05) is 38.6 Å². The molecule has 1 aromatic carbocycles. The van der Waals surface area contributed by atoms with Gasteiger partial charge in [0.2, 0.25) is 0 Å². The molecular formula is C20H31ClN2O3. The molecule has 5 nitrogen and oxygen atoms in total. The molecule has 0 unspecified atom stereocenters. The topological polar surface area (TPSA) is 42.0 Å². The largest absolute Gasteiger partial charge is 0.494 e. The Hall–Kier alpha value is -1.46. The third kappa shape index (κ3) is 7.42.